The van der Waals surface area contributed by atoms with Crippen molar-refractivity contribution >= 4 is 31.9 Å². The molecule has 2 N–H and O–H groups in total. The molecule has 1 saturated heterocycles. The van der Waals surface area contributed by atoms with E-state index in [1.165, 1.54) is 11.3 Å². The van der Waals surface area contributed by atoms with Crippen molar-refractivity contribution in [2.75, 3.05) is 29.5 Å². The summed E-state index contributed by atoms with van der Waals surface area (Å²) in [5.74, 6) is 0.654. The summed E-state index contributed by atoms with van der Waals surface area (Å²) >= 11 is 1.20. The van der Waals surface area contributed by atoms with E-state index in [1.807, 2.05) is 6.07 Å². The van der Waals surface area contributed by atoms with Gasteiger partial charge in [-0.1, -0.05) is 13.8 Å². The molecule has 20 heavy (non-hydrogen) atoms. The van der Waals surface area contributed by atoms with E-state index in [0.29, 0.717) is 15.8 Å². The lowest BCUT2D eigenvalue weighted by Crippen LogP contribution is -2.33. The highest BCUT2D eigenvalue weighted by molar-refractivity contribution is 7.91. The van der Waals surface area contributed by atoms with Crippen LogP contribution in [0.3, 0.4) is 0 Å². The fourth-order valence-corrected chi connectivity index (χ4v) is 5.02. The molecule has 0 aromatic carbocycles. The zero-order valence-electron chi connectivity index (χ0n) is 11.7. The molecule has 1 aliphatic heterocycles. The summed E-state index contributed by atoms with van der Waals surface area (Å²) in [6.07, 6.45) is 2.07. The zero-order valence-corrected chi connectivity index (χ0v) is 13.4. The molecule has 0 aliphatic carbocycles. The molecule has 7 heteroatoms. The Balaban J connectivity index is 2.50. The lowest BCUT2D eigenvalue weighted by molar-refractivity contribution is 0.438. The van der Waals surface area contributed by atoms with Crippen molar-refractivity contribution in [2.24, 2.45) is 5.92 Å². The van der Waals surface area contributed by atoms with Crippen LogP contribution in [0.2, 0.25) is 0 Å². The largest absolute Gasteiger partial charge is 0.396 e. The highest BCUT2D eigenvalue weighted by Crippen LogP contribution is 2.42. The topological polar surface area (TPSA) is 87.2 Å². The summed E-state index contributed by atoms with van der Waals surface area (Å²) in [7, 11) is -3.42. The van der Waals surface area contributed by atoms with Crippen molar-refractivity contribution in [1.82, 2.24) is 0 Å². The van der Waals surface area contributed by atoms with Gasteiger partial charge in [-0.25, -0.2) is 8.42 Å². The Labute approximate surface area is 123 Å². The number of nitrogens with zero attached hydrogens (tertiary/aromatic N) is 2. The van der Waals surface area contributed by atoms with Crippen LogP contribution in [0.25, 0.3) is 0 Å². The molecule has 1 fully saturated rings. The van der Waals surface area contributed by atoms with Crippen molar-refractivity contribution < 1.29 is 8.42 Å². The molecule has 2 heterocycles. The van der Waals surface area contributed by atoms with Crippen LogP contribution in [0.5, 0.6) is 0 Å². The molecule has 1 aromatic rings. The SMILES string of the molecule is CCS(=O)(=O)c1c(N2CCC(C)CC2)sc(C#N)c1N. The number of anilines is 2. The quantitative estimate of drug-likeness (QED) is 0.924. The van der Waals surface area contributed by atoms with Crippen LogP contribution in [-0.4, -0.2) is 27.3 Å². The maximum Gasteiger partial charge on any atom is 0.183 e. The minimum atomic E-state index is -3.42. The molecule has 0 atom stereocenters. The first-order valence-electron chi connectivity index (χ1n) is 6.70. The molecule has 0 spiro atoms. The molecular weight excluding hydrogens is 294 g/mol. The van der Waals surface area contributed by atoms with E-state index in [4.69, 9.17) is 11.0 Å². The molecule has 2 rings (SSSR count). The van der Waals surface area contributed by atoms with Gasteiger partial charge in [0.15, 0.2) is 9.84 Å². The summed E-state index contributed by atoms with van der Waals surface area (Å²) in [5.41, 5.74) is 6.01. The normalized spacial score (nSPS) is 17.1. The Morgan fingerprint density at radius 1 is 1.45 bits per heavy atom. The fourth-order valence-electron chi connectivity index (χ4n) is 2.36. The van der Waals surface area contributed by atoms with Crippen LogP contribution >= 0.6 is 11.3 Å². The van der Waals surface area contributed by atoms with Crippen LogP contribution in [-0.2, 0) is 9.84 Å². The minimum absolute atomic E-state index is 0.00392. The standard InChI is InChI=1S/C13H19N3O2S2/c1-3-20(17,18)12-11(15)10(8-14)19-13(12)16-6-4-9(2)5-7-16/h9H,3-7,15H2,1-2H3. The van der Waals surface area contributed by atoms with Gasteiger partial charge in [-0.3, -0.25) is 0 Å². The van der Waals surface area contributed by atoms with E-state index in [1.54, 1.807) is 6.92 Å². The summed E-state index contributed by atoms with van der Waals surface area (Å²) < 4.78 is 24.5. The number of nitrogen functional groups attached to an aromatic ring is 1. The van der Waals surface area contributed by atoms with Crippen LogP contribution < -0.4 is 10.6 Å². The Morgan fingerprint density at radius 2 is 2.05 bits per heavy atom. The molecule has 0 saturated carbocycles. The van der Waals surface area contributed by atoms with Gasteiger partial charge in [-0.05, 0) is 18.8 Å². The number of hydrogen-bond acceptors (Lipinski definition) is 6. The number of sulfone groups is 1. The summed E-state index contributed by atoms with van der Waals surface area (Å²) in [6.45, 7) is 5.43. The van der Waals surface area contributed by atoms with Gasteiger partial charge in [0.05, 0.1) is 11.4 Å². The Bertz CT molecular complexity index is 635. The zero-order chi connectivity index (χ0) is 14.9. The third-order valence-corrected chi connectivity index (χ3v) is 6.84. The fraction of sp³-hybridized carbons (Fsp3) is 0.615. The third-order valence-electron chi connectivity index (χ3n) is 3.75. The molecule has 0 amide bonds. The highest BCUT2D eigenvalue weighted by Gasteiger charge is 2.30. The third kappa shape index (κ3) is 2.63. The van der Waals surface area contributed by atoms with Crippen molar-refractivity contribution in [3.05, 3.63) is 4.88 Å². The van der Waals surface area contributed by atoms with Gasteiger partial charge in [0.1, 0.15) is 20.8 Å². The van der Waals surface area contributed by atoms with Gasteiger partial charge in [-0.15, -0.1) is 11.3 Å². The second-order valence-corrected chi connectivity index (χ2v) is 8.38. The van der Waals surface area contributed by atoms with Gasteiger partial charge in [-0.2, -0.15) is 5.26 Å². The second-order valence-electron chi connectivity index (χ2n) is 5.16. The Hall–Kier alpha value is -1.26. The van der Waals surface area contributed by atoms with Gasteiger partial charge in [0.25, 0.3) is 0 Å². The predicted octanol–water partition coefficient (Wildman–Crippen LogP) is 2.23. The molecule has 1 aliphatic rings. The lowest BCUT2D eigenvalue weighted by Gasteiger charge is -2.31. The summed E-state index contributed by atoms with van der Waals surface area (Å²) in [6, 6.07) is 2.00. The second kappa shape index (κ2) is 5.62. The highest BCUT2D eigenvalue weighted by atomic mass is 32.2. The minimum Gasteiger partial charge on any atom is -0.396 e. The first kappa shape index (κ1) is 15.1. The molecule has 0 bridgehead atoms. The molecule has 5 nitrogen and oxygen atoms in total. The van der Waals surface area contributed by atoms with E-state index in [0.717, 1.165) is 25.9 Å². The van der Waals surface area contributed by atoms with E-state index >= 15 is 0 Å². The Kier molecular flexibility index (Phi) is 4.25. The lowest BCUT2D eigenvalue weighted by atomic mass is 9.99. The first-order valence-corrected chi connectivity index (χ1v) is 9.17. The molecule has 0 unspecified atom stereocenters. The van der Waals surface area contributed by atoms with Crippen molar-refractivity contribution in [1.29, 1.82) is 5.26 Å². The number of nitrogens with two attached hydrogens (primary N) is 1. The van der Waals surface area contributed by atoms with Crippen molar-refractivity contribution in [3.8, 4) is 6.07 Å². The molecular formula is C13H19N3O2S2. The van der Waals surface area contributed by atoms with Crippen LogP contribution in [0.15, 0.2) is 4.90 Å². The molecule has 1 aromatic heterocycles. The predicted molar refractivity (Wildman–Crippen MR) is 81.8 cm³/mol. The smallest absolute Gasteiger partial charge is 0.183 e. The molecule has 110 valence electrons. The van der Waals surface area contributed by atoms with E-state index in [9.17, 15) is 8.42 Å². The average molecular weight is 313 g/mol. The van der Waals surface area contributed by atoms with Gasteiger partial charge < -0.3 is 10.6 Å². The van der Waals surface area contributed by atoms with Gasteiger partial charge in [0, 0.05) is 13.1 Å². The van der Waals surface area contributed by atoms with E-state index in [-0.39, 0.29) is 16.3 Å². The van der Waals surface area contributed by atoms with Crippen LogP contribution in [0.1, 0.15) is 31.6 Å². The van der Waals surface area contributed by atoms with Crippen LogP contribution in [0.4, 0.5) is 10.7 Å². The number of rotatable bonds is 3. The first-order chi connectivity index (χ1) is 9.40. The van der Waals surface area contributed by atoms with Crippen LogP contribution in [0, 0.1) is 17.2 Å². The van der Waals surface area contributed by atoms with E-state index < -0.39 is 9.84 Å². The van der Waals surface area contributed by atoms with Crippen molar-refractivity contribution in [2.45, 2.75) is 31.6 Å². The molecule has 0 radical (unpaired) electrons. The summed E-state index contributed by atoms with van der Waals surface area (Å²) in [5, 5.41) is 9.75. The van der Waals surface area contributed by atoms with Crippen molar-refractivity contribution in [3.63, 3.8) is 0 Å². The number of piperidine rings is 1. The number of nitriles is 1. The Morgan fingerprint density at radius 3 is 2.55 bits per heavy atom. The number of thiophene rings is 1. The summed E-state index contributed by atoms with van der Waals surface area (Å²) in [4.78, 5) is 2.52. The monoisotopic (exact) mass is 313 g/mol. The van der Waals surface area contributed by atoms with Gasteiger partial charge >= 0.3 is 0 Å². The van der Waals surface area contributed by atoms with Gasteiger partial charge in [0.2, 0.25) is 0 Å². The average Bonchev–Trinajstić information content (AvgIpc) is 2.77. The van der Waals surface area contributed by atoms with E-state index in [2.05, 4.69) is 11.8 Å². The maximum absolute atomic E-state index is 12.3. The maximum atomic E-state index is 12.3. The number of hydrogen-bond donors (Lipinski definition) is 1.